The first-order chi connectivity index (χ1) is 7.18. The number of alkyl halides is 1. The molecule has 0 heterocycles. The van der Waals surface area contributed by atoms with Gasteiger partial charge < -0.3 is 5.73 Å². The summed E-state index contributed by atoms with van der Waals surface area (Å²) in [6.07, 6.45) is 10.8. The van der Waals surface area contributed by atoms with Crippen molar-refractivity contribution in [3.63, 3.8) is 0 Å². The molecule has 0 aliphatic carbocycles. The highest BCUT2D eigenvalue weighted by Crippen LogP contribution is 2.12. The second kappa shape index (κ2) is 10.3. The summed E-state index contributed by atoms with van der Waals surface area (Å²) in [7, 11) is 0. The summed E-state index contributed by atoms with van der Waals surface area (Å²) in [5.41, 5.74) is 5.06. The monoisotopic (exact) mass is 233 g/mol. The first kappa shape index (κ1) is 14.8. The summed E-state index contributed by atoms with van der Waals surface area (Å²) in [6, 6.07) is 0. The van der Waals surface area contributed by atoms with Crippen LogP contribution in [0.5, 0.6) is 0 Å². The van der Waals surface area contributed by atoms with E-state index in [4.69, 9.17) is 17.3 Å². The van der Waals surface area contributed by atoms with Crippen molar-refractivity contribution in [3.05, 3.63) is 0 Å². The summed E-state index contributed by atoms with van der Waals surface area (Å²) in [4.78, 5) is 10.6. The number of hydrogen-bond acceptors (Lipinski definition) is 1. The topological polar surface area (TPSA) is 43.1 Å². The van der Waals surface area contributed by atoms with E-state index in [9.17, 15) is 4.79 Å². The Morgan fingerprint density at radius 2 is 1.53 bits per heavy atom. The van der Waals surface area contributed by atoms with Gasteiger partial charge in [0, 0.05) is 0 Å². The molecule has 0 rings (SSSR count). The molecule has 2 N–H and O–H groups in total. The van der Waals surface area contributed by atoms with E-state index in [1.165, 1.54) is 44.9 Å². The second-order valence-corrected chi connectivity index (χ2v) is 4.66. The first-order valence-corrected chi connectivity index (χ1v) is 6.55. The lowest BCUT2D eigenvalue weighted by molar-refractivity contribution is -0.117. The smallest absolute Gasteiger partial charge is 0.235 e. The SMILES string of the molecule is CCCCCCCCCCC(Cl)C(N)=O. The van der Waals surface area contributed by atoms with Crippen molar-refractivity contribution in [3.8, 4) is 0 Å². The normalized spacial score (nSPS) is 12.7. The van der Waals surface area contributed by atoms with Crippen molar-refractivity contribution in [2.24, 2.45) is 5.73 Å². The van der Waals surface area contributed by atoms with Crippen LogP contribution in [0.1, 0.15) is 64.7 Å². The summed E-state index contributed by atoms with van der Waals surface area (Å²) in [5.74, 6) is -0.389. The molecule has 0 fully saturated rings. The van der Waals surface area contributed by atoms with Gasteiger partial charge in [0.05, 0.1) is 0 Å². The molecule has 0 aromatic heterocycles. The van der Waals surface area contributed by atoms with E-state index in [0.29, 0.717) is 0 Å². The molecule has 15 heavy (non-hydrogen) atoms. The number of rotatable bonds is 10. The molecule has 0 saturated carbocycles. The van der Waals surface area contributed by atoms with Gasteiger partial charge in [-0.1, -0.05) is 58.3 Å². The van der Waals surface area contributed by atoms with Gasteiger partial charge in [-0.05, 0) is 6.42 Å². The van der Waals surface area contributed by atoms with Gasteiger partial charge in [-0.15, -0.1) is 11.6 Å². The van der Waals surface area contributed by atoms with Gasteiger partial charge in [-0.25, -0.2) is 0 Å². The number of hydrogen-bond donors (Lipinski definition) is 1. The highest BCUT2D eigenvalue weighted by molar-refractivity contribution is 6.30. The zero-order valence-electron chi connectivity index (χ0n) is 9.80. The molecular weight excluding hydrogens is 210 g/mol. The van der Waals surface area contributed by atoms with Crippen LogP contribution in [-0.4, -0.2) is 11.3 Å². The van der Waals surface area contributed by atoms with Crippen LogP contribution in [0.4, 0.5) is 0 Å². The molecular formula is C12H24ClNO. The number of unbranched alkanes of at least 4 members (excludes halogenated alkanes) is 7. The average Bonchev–Trinajstić information content (AvgIpc) is 2.21. The minimum Gasteiger partial charge on any atom is -0.368 e. The summed E-state index contributed by atoms with van der Waals surface area (Å²) in [5, 5.41) is -0.468. The van der Waals surface area contributed by atoms with Crippen molar-refractivity contribution in [1.82, 2.24) is 0 Å². The number of halogens is 1. The van der Waals surface area contributed by atoms with Crippen molar-refractivity contribution < 1.29 is 4.79 Å². The van der Waals surface area contributed by atoms with Gasteiger partial charge >= 0.3 is 0 Å². The Hall–Kier alpha value is -0.240. The van der Waals surface area contributed by atoms with Gasteiger partial charge in [0.2, 0.25) is 5.91 Å². The number of amides is 1. The third-order valence-corrected chi connectivity index (χ3v) is 3.05. The minimum atomic E-state index is -0.468. The molecule has 0 aliphatic heterocycles. The third kappa shape index (κ3) is 10.1. The van der Waals surface area contributed by atoms with Crippen LogP contribution < -0.4 is 5.73 Å². The summed E-state index contributed by atoms with van der Waals surface area (Å²) < 4.78 is 0. The van der Waals surface area contributed by atoms with Gasteiger partial charge in [0.15, 0.2) is 0 Å². The van der Waals surface area contributed by atoms with E-state index in [1.807, 2.05) is 0 Å². The van der Waals surface area contributed by atoms with Crippen LogP contribution in [0.2, 0.25) is 0 Å². The highest BCUT2D eigenvalue weighted by atomic mass is 35.5. The van der Waals surface area contributed by atoms with Crippen molar-refractivity contribution in [2.75, 3.05) is 0 Å². The number of carbonyl (C=O) groups is 1. The molecule has 0 radical (unpaired) electrons. The molecule has 0 aromatic rings. The predicted molar refractivity (Wildman–Crippen MR) is 66.1 cm³/mol. The lowest BCUT2D eigenvalue weighted by atomic mass is 10.1. The minimum absolute atomic E-state index is 0.389. The molecule has 0 aliphatic rings. The van der Waals surface area contributed by atoms with Gasteiger partial charge in [-0.3, -0.25) is 4.79 Å². The van der Waals surface area contributed by atoms with E-state index in [-0.39, 0.29) is 5.91 Å². The van der Waals surface area contributed by atoms with E-state index < -0.39 is 5.38 Å². The maximum Gasteiger partial charge on any atom is 0.235 e. The molecule has 90 valence electrons. The zero-order chi connectivity index (χ0) is 11.5. The average molecular weight is 234 g/mol. The van der Waals surface area contributed by atoms with Crippen LogP contribution in [0.25, 0.3) is 0 Å². The Labute approximate surface area is 98.6 Å². The lowest BCUT2D eigenvalue weighted by Gasteiger charge is -2.04. The third-order valence-electron chi connectivity index (χ3n) is 2.62. The molecule has 1 unspecified atom stereocenters. The molecule has 0 spiro atoms. The lowest BCUT2D eigenvalue weighted by Crippen LogP contribution is -2.23. The summed E-state index contributed by atoms with van der Waals surface area (Å²) >= 11 is 5.72. The van der Waals surface area contributed by atoms with Crippen LogP contribution in [-0.2, 0) is 4.79 Å². The zero-order valence-corrected chi connectivity index (χ0v) is 10.6. The number of primary amides is 1. The van der Waals surface area contributed by atoms with Crippen molar-refractivity contribution in [1.29, 1.82) is 0 Å². The number of nitrogens with two attached hydrogens (primary N) is 1. The van der Waals surface area contributed by atoms with Crippen LogP contribution in [0.3, 0.4) is 0 Å². The summed E-state index contributed by atoms with van der Waals surface area (Å²) in [6.45, 7) is 2.23. The fourth-order valence-electron chi connectivity index (χ4n) is 1.60. The first-order valence-electron chi connectivity index (χ1n) is 6.12. The fraction of sp³-hybridized carbons (Fsp3) is 0.917. The van der Waals surface area contributed by atoms with Crippen molar-refractivity contribution >= 4 is 17.5 Å². The predicted octanol–water partition coefficient (Wildman–Crippen LogP) is 3.61. The molecule has 0 saturated heterocycles. The maximum atomic E-state index is 10.6. The molecule has 1 atom stereocenters. The van der Waals surface area contributed by atoms with E-state index in [0.717, 1.165) is 12.8 Å². The van der Waals surface area contributed by atoms with Gasteiger partial charge in [-0.2, -0.15) is 0 Å². The number of carbonyl (C=O) groups excluding carboxylic acids is 1. The Morgan fingerprint density at radius 1 is 1.07 bits per heavy atom. The Balaban J connectivity index is 3.08. The molecule has 3 heteroatoms. The Kier molecular flexibility index (Phi) is 10.1. The molecule has 1 amide bonds. The maximum absolute atomic E-state index is 10.6. The second-order valence-electron chi connectivity index (χ2n) is 4.13. The van der Waals surface area contributed by atoms with Crippen molar-refractivity contribution in [2.45, 2.75) is 70.1 Å². The quantitative estimate of drug-likeness (QED) is 0.455. The van der Waals surface area contributed by atoms with Crippen LogP contribution in [0, 0.1) is 0 Å². The fourth-order valence-corrected chi connectivity index (χ4v) is 1.75. The van der Waals surface area contributed by atoms with E-state index in [2.05, 4.69) is 6.92 Å². The highest BCUT2D eigenvalue weighted by Gasteiger charge is 2.09. The Bertz CT molecular complexity index is 162. The van der Waals surface area contributed by atoms with Crippen LogP contribution in [0.15, 0.2) is 0 Å². The van der Waals surface area contributed by atoms with E-state index in [1.54, 1.807) is 0 Å². The standard InChI is InChI=1S/C12H24ClNO/c1-2-3-4-5-6-7-8-9-10-11(13)12(14)15/h11H,2-10H2,1H3,(H2,14,15). The van der Waals surface area contributed by atoms with Gasteiger partial charge in [0.1, 0.15) is 5.38 Å². The Morgan fingerprint density at radius 3 is 2.00 bits per heavy atom. The molecule has 0 aromatic carbocycles. The van der Waals surface area contributed by atoms with E-state index >= 15 is 0 Å². The van der Waals surface area contributed by atoms with Gasteiger partial charge in [0.25, 0.3) is 0 Å². The van der Waals surface area contributed by atoms with Crippen LogP contribution >= 0.6 is 11.6 Å². The molecule has 0 bridgehead atoms. The largest absolute Gasteiger partial charge is 0.368 e. The molecule has 2 nitrogen and oxygen atoms in total.